The van der Waals surface area contributed by atoms with Gasteiger partial charge in [-0.05, 0) is 35.9 Å². The Hall–Kier alpha value is -3.26. The van der Waals surface area contributed by atoms with Crippen LogP contribution >= 0.6 is 11.8 Å². The largest absolute Gasteiger partial charge is 0.493 e. The molecule has 0 aliphatic carbocycles. The Labute approximate surface area is 197 Å². The molecule has 0 radical (unpaired) electrons. The molecular weight excluding hydrogens is 438 g/mol. The number of unbranched alkanes of at least 4 members (excludes halogenated alkanes) is 1. The molecule has 0 aliphatic heterocycles. The number of rotatable bonds is 10. The van der Waals surface area contributed by atoms with Crippen LogP contribution in [-0.2, 0) is 11.8 Å². The van der Waals surface area contributed by atoms with Crippen LogP contribution in [0.1, 0.15) is 31.0 Å². The minimum Gasteiger partial charge on any atom is -0.493 e. The average Bonchev–Trinajstić information content (AvgIpc) is 2.83. The third-order valence-electron chi connectivity index (χ3n) is 5.11. The van der Waals surface area contributed by atoms with Crippen molar-refractivity contribution in [3.05, 3.63) is 58.0 Å². The summed E-state index contributed by atoms with van der Waals surface area (Å²) in [6.45, 7) is 2.14. The highest BCUT2D eigenvalue weighted by Gasteiger charge is 2.12. The van der Waals surface area contributed by atoms with E-state index in [-0.39, 0.29) is 11.5 Å². The summed E-state index contributed by atoms with van der Waals surface area (Å²) < 4.78 is 12.2. The van der Waals surface area contributed by atoms with Crippen LogP contribution in [0.4, 0.5) is 5.69 Å². The molecule has 33 heavy (non-hydrogen) atoms. The number of hydrogen-bond donors (Lipinski definition) is 1. The first-order chi connectivity index (χ1) is 16.0. The Morgan fingerprint density at radius 3 is 2.48 bits per heavy atom. The van der Waals surface area contributed by atoms with Gasteiger partial charge in [0.1, 0.15) is 5.69 Å². The highest BCUT2D eigenvalue weighted by Crippen LogP contribution is 2.30. The smallest absolute Gasteiger partial charge is 0.276 e. The molecule has 0 bridgehead atoms. The van der Waals surface area contributed by atoms with E-state index >= 15 is 0 Å². The molecular formula is C25H29N3O4S. The van der Waals surface area contributed by atoms with E-state index in [1.54, 1.807) is 55.8 Å². The van der Waals surface area contributed by atoms with Gasteiger partial charge in [-0.1, -0.05) is 31.6 Å². The quantitative estimate of drug-likeness (QED) is 0.439. The molecule has 1 N–H and O–H groups in total. The summed E-state index contributed by atoms with van der Waals surface area (Å²) in [5, 5.41) is 2.91. The van der Waals surface area contributed by atoms with Gasteiger partial charge in [0.05, 0.1) is 31.0 Å². The van der Waals surface area contributed by atoms with Crippen molar-refractivity contribution in [2.45, 2.75) is 19.8 Å². The number of thioether (sulfide) groups is 1. The molecule has 8 heteroatoms. The van der Waals surface area contributed by atoms with Crippen molar-refractivity contribution >= 4 is 46.5 Å². The van der Waals surface area contributed by atoms with Crippen molar-refractivity contribution in [1.82, 2.24) is 9.55 Å². The van der Waals surface area contributed by atoms with Gasteiger partial charge in [-0.25, -0.2) is 4.98 Å². The van der Waals surface area contributed by atoms with E-state index in [4.69, 9.17) is 9.47 Å². The molecule has 0 spiro atoms. The molecule has 1 amide bonds. The molecule has 0 unspecified atom stereocenters. The number of carbonyl (C=O) groups is 1. The first-order valence-corrected chi connectivity index (χ1v) is 11.9. The zero-order valence-corrected chi connectivity index (χ0v) is 20.2. The minimum atomic E-state index is -0.213. The van der Waals surface area contributed by atoms with E-state index < -0.39 is 0 Å². The number of aryl methyl sites for hydroxylation is 1. The zero-order chi connectivity index (χ0) is 23.8. The maximum absolute atomic E-state index is 12.8. The Kier molecular flexibility index (Phi) is 8.54. The lowest BCUT2D eigenvalue weighted by Crippen LogP contribution is -2.21. The third-order valence-corrected chi connectivity index (χ3v) is 6.15. The summed E-state index contributed by atoms with van der Waals surface area (Å²) in [6, 6.07) is 11.0. The first kappa shape index (κ1) is 24.4. The van der Waals surface area contributed by atoms with Crippen molar-refractivity contribution in [3.8, 4) is 11.5 Å². The van der Waals surface area contributed by atoms with E-state index in [1.165, 1.54) is 0 Å². The van der Waals surface area contributed by atoms with Gasteiger partial charge < -0.3 is 19.4 Å². The third kappa shape index (κ3) is 6.16. The molecule has 3 rings (SSSR count). The fraction of sp³-hybridized carbons (Fsp3) is 0.320. The number of anilines is 1. The van der Waals surface area contributed by atoms with Crippen LogP contribution in [0.3, 0.4) is 0 Å². The number of hydrogen-bond acceptors (Lipinski definition) is 6. The second-order valence-electron chi connectivity index (χ2n) is 7.47. The fourth-order valence-corrected chi connectivity index (χ4v) is 4.14. The molecule has 2 aromatic carbocycles. The predicted molar refractivity (Wildman–Crippen MR) is 136 cm³/mol. The number of fused-ring (bicyclic) bond motifs is 1. The van der Waals surface area contributed by atoms with Gasteiger partial charge in [-0.15, -0.1) is 0 Å². The number of nitrogens with one attached hydrogen (secondary N) is 1. The van der Waals surface area contributed by atoms with Crippen LogP contribution in [0.25, 0.3) is 23.2 Å². The highest BCUT2D eigenvalue weighted by atomic mass is 32.2. The molecule has 1 aromatic heterocycles. The molecule has 7 nitrogen and oxygen atoms in total. The monoisotopic (exact) mass is 467 g/mol. The van der Waals surface area contributed by atoms with Gasteiger partial charge in [0.2, 0.25) is 5.91 Å². The van der Waals surface area contributed by atoms with Crippen molar-refractivity contribution < 1.29 is 14.3 Å². The average molecular weight is 468 g/mol. The standard InChI is InChI=1S/C25H29N3O4S/c1-5-6-13-33-16-24(29)26-18-10-7-17(8-11-18)9-12-19-25(30)28(2)21-15-23(32-4)22(31-3)14-20(21)27-19/h7-12,14-15H,5-6,13,16H2,1-4H3,(H,26,29)/b12-9+. The molecule has 0 atom stereocenters. The number of methoxy groups -OCH3 is 2. The maximum atomic E-state index is 12.8. The zero-order valence-electron chi connectivity index (χ0n) is 19.4. The lowest BCUT2D eigenvalue weighted by atomic mass is 10.1. The summed E-state index contributed by atoms with van der Waals surface area (Å²) in [4.78, 5) is 29.3. The van der Waals surface area contributed by atoms with Gasteiger partial charge in [0, 0.05) is 24.9 Å². The number of aromatic nitrogens is 2. The number of ether oxygens (including phenoxy) is 2. The summed E-state index contributed by atoms with van der Waals surface area (Å²) in [5.74, 6) is 2.53. The second-order valence-corrected chi connectivity index (χ2v) is 8.57. The van der Waals surface area contributed by atoms with Crippen LogP contribution in [0.5, 0.6) is 11.5 Å². The van der Waals surface area contributed by atoms with E-state index in [1.807, 2.05) is 30.3 Å². The molecule has 3 aromatic rings. The van der Waals surface area contributed by atoms with E-state index in [0.29, 0.717) is 34.0 Å². The van der Waals surface area contributed by atoms with Crippen LogP contribution in [0.15, 0.2) is 41.2 Å². The summed E-state index contributed by atoms with van der Waals surface area (Å²) in [5.41, 5.74) is 3.02. The van der Waals surface area contributed by atoms with E-state index in [2.05, 4.69) is 17.2 Å². The number of amides is 1. The predicted octanol–water partition coefficient (Wildman–Crippen LogP) is 4.59. The van der Waals surface area contributed by atoms with Gasteiger partial charge >= 0.3 is 0 Å². The summed E-state index contributed by atoms with van der Waals surface area (Å²) in [7, 11) is 4.81. The second kappa shape index (κ2) is 11.6. The van der Waals surface area contributed by atoms with E-state index in [9.17, 15) is 9.59 Å². The number of benzene rings is 2. The first-order valence-electron chi connectivity index (χ1n) is 10.7. The van der Waals surface area contributed by atoms with Crippen LogP contribution in [-0.4, -0.2) is 41.2 Å². The van der Waals surface area contributed by atoms with Crippen molar-refractivity contribution in [2.75, 3.05) is 31.0 Å². The van der Waals surface area contributed by atoms with Crippen LogP contribution in [0.2, 0.25) is 0 Å². The highest BCUT2D eigenvalue weighted by molar-refractivity contribution is 7.99. The Morgan fingerprint density at radius 1 is 1.12 bits per heavy atom. The Bertz CT molecular complexity index is 1200. The molecule has 174 valence electrons. The van der Waals surface area contributed by atoms with Crippen LogP contribution in [0, 0.1) is 0 Å². The number of carbonyl (C=O) groups excluding carboxylic acids is 1. The van der Waals surface area contributed by atoms with Crippen molar-refractivity contribution in [1.29, 1.82) is 0 Å². The van der Waals surface area contributed by atoms with Gasteiger partial charge in [0.25, 0.3) is 5.56 Å². The molecule has 1 heterocycles. The van der Waals surface area contributed by atoms with Gasteiger partial charge in [0.15, 0.2) is 11.5 Å². The Morgan fingerprint density at radius 2 is 1.82 bits per heavy atom. The lowest BCUT2D eigenvalue weighted by molar-refractivity contribution is -0.113. The number of nitrogens with zero attached hydrogens (tertiary/aromatic N) is 2. The van der Waals surface area contributed by atoms with Crippen molar-refractivity contribution in [3.63, 3.8) is 0 Å². The van der Waals surface area contributed by atoms with Gasteiger partial charge in [-0.2, -0.15) is 11.8 Å². The minimum absolute atomic E-state index is 0.00434. The van der Waals surface area contributed by atoms with Gasteiger partial charge in [-0.3, -0.25) is 9.59 Å². The summed E-state index contributed by atoms with van der Waals surface area (Å²) in [6.07, 6.45) is 5.77. The maximum Gasteiger partial charge on any atom is 0.276 e. The molecule has 0 saturated carbocycles. The lowest BCUT2D eigenvalue weighted by Gasteiger charge is -2.11. The fourth-order valence-electron chi connectivity index (χ4n) is 3.24. The summed E-state index contributed by atoms with van der Waals surface area (Å²) >= 11 is 1.64. The molecule has 0 fully saturated rings. The normalized spacial score (nSPS) is 11.2. The molecule has 0 aliphatic rings. The SMILES string of the molecule is CCCCSCC(=O)Nc1ccc(/C=C/c2nc3cc(OC)c(OC)cc3n(C)c2=O)cc1. The Balaban J connectivity index is 1.75. The van der Waals surface area contributed by atoms with Crippen molar-refractivity contribution in [2.24, 2.45) is 7.05 Å². The van der Waals surface area contributed by atoms with Crippen LogP contribution < -0.4 is 20.3 Å². The van der Waals surface area contributed by atoms with E-state index in [0.717, 1.165) is 29.8 Å². The molecule has 0 saturated heterocycles. The topological polar surface area (TPSA) is 82.4 Å².